The molecule has 19 heavy (non-hydrogen) atoms. The summed E-state index contributed by atoms with van der Waals surface area (Å²) in [5, 5.41) is 3.09. The van der Waals surface area contributed by atoms with E-state index in [2.05, 4.69) is 26.0 Å². The quantitative estimate of drug-likeness (QED) is 0.790. The molecule has 1 unspecified atom stereocenters. The SMILES string of the molecule is CCNCc1cc(S(=O)(=O)NC(C)C(C)C)c(Br)o1. The first-order chi connectivity index (χ1) is 8.77. The molecule has 0 aromatic carbocycles. The van der Waals surface area contributed by atoms with Crippen LogP contribution in [0.25, 0.3) is 0 Å². The number of rotatable bonds is 7. The summed E-state index contributed by atoms with van der Waals surface area (Å²) in [5.74, 6) is 0.813. The van der Waals surface area contributed by atoms with Gasteiger partial charge in [-0.2, -0.15) is 0 Å². The Bertz CT molecular complexity index is 511. The monoisotopic (exact) mass is 352 g/mol. The van der Waals surface area contributed by atoms with Gasteiger partial charge < -0.3 is 9.73 Å². The lowest BCUT2D eigenvalue weighted by molar-refractivity contribution is 0.460. The summed E-state index contributed by atoms with van der Waals surface area (Å²) in [6.07, 6.45) is 0. The van der Waals surface area contributed by atoms with Crippen LogP contribution < -0.4 is 10.0 Å². The Kier molecular flexibility index (Phi) is 6.04. The molecule has 110 valence electrons. The highest BCUT2D eigenvalue weighted by Crippen LogP contribution is 2.26. The first kappa shape index (κ1) is 16.7. The summed E-state index contributed by atoms with van der Waals surface area (Å²) in [4.78, 5) is 0.146. The minimum atomic E-state index is -3.56. The van der Waals surface area contributed by atoms with Crippen molar-refractivity contribution in [2.24, 2.45) is 5.92 Å². The number of hydrogen-bond acceptors (Lipinski definition) is 4. The Hall–Kier alpha value is -0.370. The van der Waals surface area contributed by atoms with Gasteiger partial charge in [0, 0.05) is 12.1 Å². The van der Waals surface area contributed by atoms with Crippen LogP contribution >= 0.6 is 15.9 Å². The lowest BCUT2D eigenvalue weighted by atomic mass is 10.1. The van der Waals surface area contributed by atoms with Crippen LogP contribution in [0.4, 0.5) is 0 Å². The molecule has 0 bridgehead atoms. The van der Waals surface area contributed by atoms with E-state index in [0.29, 0.717) is 12.3 Å². The van der Waals surface area contributed by atoms with E-state index in [0.717, 1.165) is 6.54 Å². The molecule has 1 atom stereocenters. The smallest absolute Gasteiger partial charge is 0.245 e. The molecule has 0 fully saturated rings. The zero-order valence-electron chi connectivity index (χ0n) is 11.7. The summed E-state index contributed by atoms with van der Waals surface area (Å²) in [6, 6.07) is 1.41. The number of furan rings is 1. The topological polar surface area (TPSA) is 71.3 Å². The van der Waals surface area contributed by atoms with E-state index in [-0.39, 0.29) is 21.5 Å². The molecule has 7 heteroatoms. The van der Waals surface area contributed by atoms with Gasteiger partial charge in [0.15, 0.2) is 4.67 Å². The maximum absolute atomic E-state index is 12.2. The fraction of sp³-hybridized carbons (Fsp3) is 0.667. The molecular weight excluding hydrogens is 332 g/mol. The molecule has 0 amide bonds. The molecular formula is C12H21BrN2O3S. The first-order valence-electron chi connectivity index (χ1n) is 6.29. The Balaban J connectivity index is 2.92. The molecule has 1 rings (SSSR count). The molecule has 0 saturated carbocycles. The van der Waals surface area contributed by atoms with Crippen molar-refractivity contribution in [3.63, 3.8) is 0 Å². The number of sulfonamides is 1. The molecule has 2 N–H and O–H groups in total. The van der Waals surface area contributed by atoms with Crippen LogP contribution in [0, 0.1) is 5.92 Å². The third-order valence-corrected chi connectivity index (χ3v) is 5.30. The molecule has 0 aliphatic carbocycles. The van der Waals surface area contributed by atoms with E-state index >= 15 is 0 Å². The van der Waals surface area contributed by atoms with Crippen molar-refractivity contribution in [1.29, 1.82) is 0 Å². The van der Waals surface area contributed by atoms with E-state index < -0.39 is 10.0 Å². The maximum Gasteiger partial charge on any atom is 0.245 e. The minimum absolute atomic E-state index is 0.135. The second kappa shape index (κ2) is 6.88. The van der Waals surface area contributed by atoms with Crippen LogP contribution in [0.1, 0.15) is 33.5 Å². The van der Waals surface area contributed by atoms with Crippen molar-refractivity contribution in [2.75, 3.05) is 6.54 Å². The van der Waals surface area contributed by atoms with Gasteiger partial charge in [0.25, 0.3) is 0 Å². The predicted molar refractivity (Wildman–Crippen MR) is 78.4 cm³/mol. The zero-order chi connectivity index (χ0) is 14.6. The molecule has 5 nitrogen and oxygen atoms in total. The van der Waals surface area contributed by atoms with Crippen LogP contribution in [0.5, 0.6) is 0 Å². The molecule has 0 saturated heterocycles. The van der Waals surface area contributed by atoms with Gasteiger partial charge in [0.1, 0.15) is 10.7 Å². The standard InChI is InChI=1S/C12H21BrN2O3S/c1-5-14-7-10-6-11(12(13)18-10)19(16,17)15-9(4)8(2)3/h6,8-9,14-15H,5,7H2,1-4H3. The lowest BCUT2D eigenvalue weighted by Gasteiger charge is -2.16. The van der Waals surface area contributed by atoms with Crippen molar-refractivity contribution in [3.8, 4) is 0 Å². The van der Waals surface area contributed by atoms with Gasteiger partial charge in [-0.05, 0) is 35.3 Å². The highest BCUT2D eigenvalue weighted by atomic mass is 79.9. The van der Waals surface area contributed by atoms with Gasteiger partial charge in [0.05, 0.1) is 6.54 Å². The van der Waals surface area contributed by atoms with Crippen LogP contribution in [-0.4, -0.2) is 21.0 Å². The largest absolute Gasteiger partial charge is 0.452 e. The van der Waals surface area contributed by atoms with Gasteiger partial charge in [0.2, 0.25) is 10.0 Å². The van der Waals surface area contributed by atoms with Gasteiger partial charge >= 0.3 is 0 Å². The normalized spacial score (nSPS) is 14.0. The highest BCUT2D eigenvalue weighted by molar-refractivity contribution is 9.10. The molecule has 1 heterocycles. The Morgan fingerprint density at radius 1 is 1.37 bits per heavy atom. The second-order valence-corrected chi connectivity index (χ2v) is 7.19. The molecule has 0 aliphatic rings. The van der Waals surface area contributed by atoms with E-state index in [4.69, 9.17) is 4.42 Å². The average molecular weight is 353 g/mol. The summed E-state index contributed by atoms with van der Waals surface area (Å²) >= 11 is 3.16. The number of nitrogens with one attached hydrogen (secondary N) is 2. The van der Waals surface area contributed by atoms with Crippen molar-refractivity contribution >= 4 is 26.0 Å². The summed E-state index contributed by atoms with van der Waals surface area (Å²) in [6.45, 7) is 9.05. The van der Waals surface area contributed by atoms with Crippen molar-refractivity contribution in [3.05, 3.63) is 16.5 Å². The van der Waals surface area contributed by atoms with Crippen molar-refractivity contribution in [1.82, 2.24) is 10.0 Å². The summed E-state index contributed by atoms with van der Waals surface area (Å²) in [7, 11) is -3.56. The third kappa shape index (κ3) is 4.59. The van der Waals surface area contributed by atoms with E-state index in [1.165, 1.54) is 0 Å². The van der Waals surface area contributed by atoms with Crippen LogP contribution in [0.2, 0.25) is 0 Å². The van der Waals surface area contributed by atoms with Crippen LogP contribution in [0.15, 0.2) is 20.0 Å². The molecule has 1 aromatic heterocycles. The van der Waals surface area contributed by atoms with Crippen LogP contribution in [0.3, 0.4) is 0 Å². The minimum Gasteiger partial charge on any atom is -0.452 e. The second-order valence-electron chi connectivity index (χ2n) is 4.78. The van der Waals surface area contributed by atoms with E-state index in [1.54, 1.807) is 6.07 Å². The maximum atomic E-state index is 12.2. The predicted octanol–water partition coefficient (Wildman–Crippen LogP) is 2.47. The number of hydrogen-bond donors (Lipinski definition) is 2. The lowest BCUT2D eigenvalue weighted by Crippen LogP contribution is -2.36. The molecule has 0 radical (unpaired) electrons. The number of halogens is 1. The third-order valence-electron chi connectivity index (χ3n) is 2.89. The van der Waals surface area contributed by atoms with E-state index in [1.807, 2.05) is 27.7 Å². The summed E-state index contributed by atoms with van der Waals surface area (Å²) in [5.41, 5.74) is 0. The highest BCUT2D eigenvalue weighted by Gasteiger charge is 2.25. The molecule has 1 aromatic rings. The Morgan fingerprint density at radius 2 is 2.00 bits per heavy atom. The van der Waals surface area contributed by atoms with Crippen LogP contribution in [-0.2, 0) is 16.6 Å². The Morgan fingerprint density at radius 3 is 2.53 bits per heavy atom. The first-order valence-corrected chi connectivity index (χ1v) is 8.56. The zero-order valence-corrected chi connectivity index (χ0v) is 14.1. The van der Waals surface area contributed by atoms with Gasteiger partial charge in [-0.3, -0.25) is 0 Å². The fourth-order valence-electron chi connectivity index (χ4n) is 1.36. The molecule has 0 spiro atoms. The summed E-state index contributed by atoms with van der Waals surface area (Å²) < 4.78 is 32.7. The van der Waals surface area contributed by atoms with Crippen molar-refractivity contribution < 1.29 is 12.8 Å². The Labute approximate surface area is 123 Å². The van der Waals surface area contributed by atoms with E-state index in [9.17, 15) is 8.42 Å². The van der Waals surface area contributed by atoms with Gasteiger partial charge in [-0.1, -0.05) is 20.8 Å². The average Bonchev–Trinajstić information content (AvgIpc) is 2.68. The fourth-order valence-corrected chi connectivity index (χ4v) is 3.75. The van der Waals surface area contributed by atoms with Gasteiger partial charge in [-0.15, -0.1) is 0 Å². The molecule has 0 aliphatic heterocycles. The van der Waals surface area contributed by atoms with Gasteiger partial charge in [-0.25, -0.2) is 13.1 Å². The van der Waals surface area contributed by atoms with Crippen molar-refractivity contribution in [2.45, 2.75) is 45.2 Å².